The summed E-state index contributed by atoms with van der Waals surface area (Å²) < 4.78 is 21.0. The van der Waals surface area contributed by atoms with Gasteiger partial charge >= 0.3 is 23.6 Å². The Morgan fingerprint density at radius 2 is 1.77 bits per heavy atom. The number of ether oxygens (including phenoxy) is 3. The summed E-state index contributed by atoms with van der Waals surface area (Å²) in [5.74, 6) is -1.08. The second-order valence-corrected chi connectivity index (χ2v) is 7.46. The molecule has 180 valence electrons. The summed E-state index contributed by atoms with van der Waals surface area (Å²) in [7, 11) is 0. The monoisotopic (exact) mass is 478 g/mol. The maximum Gasteiger partial charge on any atom is 0.344 e. The number of carbonyl (C=O) groups excluding carboxylic acids is 3. The number of benzene rings is 2. The second kappa shape index (κ2) is 10.6. The van der Waals surface area contributed by atoms with Gasteiger partial charge in [-0.2, -0.15) is 0 Å². The van der Waals surface area contributed by atoms with Crippen molar-refractivity contribution in [1.82, 2.24) is 10.6 Å². The van der Waals surface area contributed by atoms with Crippen molar-refractivity contribution in [2.45, 2.75) is 13.0 Å². The van der Waals surface area contributed by atoms with E-state index >= 15 is 0 Å². The molecule has 1 atom stereocenters. The lowest BCUT2D eigenvalue weighted by Crippen LogP contribution is -2.47. The van der Waals surface area contributed by atoms with Gasteiger partial charge in [-0.15, -0.1) is 0 Å². The molecule has 0 bridgehead atoms. The van der Waals surface area contributed by atoms with Gasteiger partial charge in [0.1, 0.15) is 17.9 Å². The van der Waals surface area contributed by atoms with Crippen LogP contribution in [0.3, 0.4) is 0 Å². The molecule has 10 nitrogen and oxygen atoms in total. The highest BCUT2D eigenvalue weighted by Gasteiger charge is 2.34. The van der Waals surface area contributed by atoms with Crippen molar-refractivity contribution in [2.75, 3.05) is 19.8 Å². The summed E-state index contributed by atoms with van der Waals surface area (Å²) in [5, 5.41) is 5.93. The molecular weight excluding hydrogens is 456 g/mol. The van der Waals surface area contributed by atoms with Gasteiger partial charge in [-0.05, 0) is 30.7 Å². The molecule has 3 aromatic rings. The predicted octanol–water partition coefficient (Wildman–Crippen LogP) is 2.59. The average molecular weight is 478 g/mol. The topological polar surface area (TPSA) is 133 Å². The van der Waals surface area contributed by atoms with Crippen molar-refractivity contribution in [3.8, 4) is 5.75 Å². The van der Waals surface area contributed by atoms with Crippen LogP contribution in [0, 0.1) is 0 Å². The fourth-order valence-electron chi connectivity index (χ4n) is 3.54. The molecule has 2 heterocycles. The zero-order valence-corrected chi connectivity index (χ0v) is 18.7. The van der Waals surface area contributed by atoms with Gasteiger partial charge in [-0.25, -0.2) is 19.2 Å². The van der Waals surface area contributed by atoms with Crippen LogP contribution in [-0.2, 0) is 19.1 Å². The Kier molecular flexibility index (Phi) is 7.10. The van der Waals surface area contributed by atoms with Crippen LogP contribution in [0.1, 0.15) is 18.5 Å². The molecule has 0 saturated heterocycles. The van der Waals surface area contributed by atoms with Gasteiger partial charge in [-0.3, -0.25) is 0 Å². The summed E-state index contributed by atoms with van der Waals surface area (Å²) in [5.41, 5.74) is 0.730. The first-order valence-electron chi connectivity index (χ1n) is 10.8. The second-order valence-electron chi connectivity index (χ2n) is 7.46. The number of fused-ring (bicyclic) bond motifs is 1. The standard InChI is InChI=1S/C25H22N2O8/c1-2-32-24(30)22-18(26-25(31)27-23(22)16-6-4-3-5-7-16)13-34-21(29)14-33-17-10-8-15-9-11-20(28)35-19(15)12-17/h3-12,23H,2,13-14H2,1H3,(H2,26,27,31). The van der Waals surface area contributed by atoms with E-state index in [9.17, 15) is 19.2 Å². The smallest absolute Gasteiger partial charge is 0.344 e. The third-order valence-corrected chi connectivity index (χ3v) is 5.11. The molecule has 0 saturated carbocycles. The molecule has 0 fully saturated rings. The van der Waals surface area contributed by atoms with E-state index in [4.69, 9.17) is 18.6 Å². The van der Waals surface area contributed by atoms with Crippen molar-refractivity contribution >= 4 is 28.9 Å². The minimum atomic E-state index is -0.777. The highest BCUT2D eigenvalue weighted by Crippen LogP contribution is 2.28. The number of hydrogen-bond acceptors (Lipinski definition) is 8. The van der Waals surface area contributed by atoms with Gasteiger partial charge in [0.05, 0.1) is 23.9 Å². The van der Waals surface area contributed by atoms with Crippen LogP contribution in [0.2, 0.25) is 0 Å². The number of rotatable bonds is 8. The van der Waals surface area contributed by atoms with E-state index < -0.39 is 36.2 Å². The Morgan fingerprint density at radius 3 is 2.54 bits per heavy atom. The predicted molar refractivity (Wildman–Crippen MR) is 123 cm³/mol. The van der Waals surface area contributed by atoms with E-state index in [1.807, 2.05) is 6.07 Å². The zero-order chi connectivity index (χ0) is 24.8. The summed E-state index contributed by atoms with van der Waals surface area (Å²) in [6.45, 7) is 0.975. The van der Waals surface area contributed by atoms with Crippen molar-refractivity contribution in [3.63, 3.8) is 0 Å². The number of hydrogen-bond donors (Lipinski definition) is 2. The van der Waals surface area contributed by atoms with Gasteiger partial charge in [0, 0.05) is 17.5 Å². The zero-order valence-electron chi connectivity index (χ0n) is 18.7. The lowest BCUT2D eigenvalue weighted by molar-refractivity contribution is -0.145. The van der Waals surface area contributed by atoms with Crippen molar-refractivity contribution in [1.29, 1.82) is 0 Å². The third kappa shape index (κ3) is 5.67. The normalized spacial score (nSPS) is 15.2. The van der Waals surface area contributed by atoms with Crippen LogP contribution in [0.4, 0.5) is 4.79 Å². The number of urea groups is 1. The molecule has 2 aromatic carbocycles. The Balaban J connectivity index is 1.47. The summed E-state index contributed by atoms with van der Waals surface area (Å²) >= 11 is 0. The molecule has 1 aliphatic heterocycles. The van der Waals surface area contributed by atoms with E-state index in [2.05, 4.69) is 10.6 Å². The molecule has 4 rings (SSSR count). The first-order valence-corrected chi connectivity index (χ1v) is 10.8. The van der Waals surface area contributed by atoms with Crippen LogP contribution in [-0.4, -0.2) is 37.8 Å². The van der Waals surface area contributed by atoms with Gasteiger partial charge in [0.2, 0.25) is 0 Å². The van der Waals surface area contributed by atoms with Crippen LogP contribution >= 0.6 is 0 Å². The molecule has 0 spiro atoms. The molecule has 10 heteroatoms. The molecule has 2 amide bonds. The van der Waals surface area contributed by atoms with Crippen LogP contribution < -0.4 is 21.0 Å². The molecule has 1 aliphatic rings. The Bertz CT molecular complexity index is 1350. The largest absolute Gasteiger partial charge is 0.482 e. The fraction of sp³-hybridized carbons (Fsp3) is 0.200. The summed E-state index contributed by atoms with van der Waals surface area (Å²) in [6.07, 6.45) is 0. The van der Waals surface area contributed by atoms with Crippen LogP contribution in [0.25, 0.3) is 11.0 Å². The van der Waals surface area contributed by atoms with Gasteiger partial charge < -0.3 is 29.3 Å². The first-order chi connectivity index (χ1) is 16.9. The van der Waals surface area contributed by atoms with Crippen molar-refractivity contribution in [2.24, 2.45) is 0 Å². The lowest BCUT2D eigenvalue weighted by Gasteiger charge is -2.29. The van der Waals surface area contributed by atoms with Crippen LogP contribution in [0.15, 0.2) is 81.1 Å². The van der Waals surface area contributed by atoms with Gasteiger partial charge in [0.25, 0.3) is 0 Å². The van der Waals surface area contributed by atoms with E-state index in [0.29, 0.717) is 22.3 Å². The first kappa shape index (κ1) is 23.6. The summed E-state index contributed by atoms with van der Waals surface area (Å²) in [4.78, 5) is 48.7. The van der Waals surface area contributed by atoms with Gasteiger partial charge in [0.15, 0.2) is 6.61 Å². The minimum Gasteiger partial charge on any atom is -0.482 e. The van der Waals surface area contributed by atoms with Gasteiger partial charge in [-0.1, -0.05) is 30.3 Å². The van der Waals surface area contributed by atoms with Crippen molar-refractivity contribution in [3.05, 3.63) is 87.9 Å². The van der Waals surface area contributed by atoms with E-state index in [0.717, 1.165) is 0 Å². The van der Waals surface area contributed by atoms with Crippen LogP contribution in [0.5, 0.6) is 5.75 Å². The van der Waals surface area contributed by atoms with E-state index in [1.54, 1.807) is 49.4 Å². The number of nitrogens with one attached hydrogen (secondary N) is 2. The highest BCUT2D eigenvalue weighted by atomic mass is 16.6. The minimum absolute atomic E-state index is 0.113. The number of amides is 2. The Morgan fingerprint density at radius 1 is 1.00 bits per heavy atom. The summed E-state index contributed by atoms with van der Waals surface area (Å²) in [6, 6.07) is 15.3. The number of esters is 2. The molecule has 0 aliphatic carbocycles. The van der Waals surface area contributed by atoms with E-state index in [1.165, 1.54) is 12.1 Å². The van der Waals surface area contributed by atoms with Crippen molar-refractivity contribution < 1.29 is 33.0 Å². The highest BCUT2D eigenvalue weighted by molar-refractivity contribution is 5.95. The quantitative estimate of drug-likeness (QED) is 0.373. The maximum absolute atomic E-state index is 12.7. The maximum atomic E-state index is 12.7. The lowest BCUT2D eigenvalue weighted by atomic mass is 9.95. The third-order valence-electron chi connectivity index (χ3n) is 5.11. The SMILES string of the molecule is CCOC(=O)C1=C(COC(=O)COc2ccc3ccc(=O)oc3c2)NC(=O)NC1c1ccccc1. The molecule has 2 N–H and O–H groups in total. The van der Waals surface area contributed by atoms with E-state index in [-0.39, 0.29) is 24.5 Å². The molecule has 35 heavy (non-hydrogen) atoms. The average Bonchev–Trinajstić information content (AvgIpc) is 2.86. The number of carbonyl (C=O) groups is 3. The Labute approximate surface area is 199 Å². The molecule has 1 aromatic heterocycles. The fourth-order valence-corrected chi connectivity index (χ4v) is 3.54. The molecule has 0 radical (unpaired) electrons. The molecule has 1 unspecified atom stereocenters. The Hall–Kier alpha value is -4.60. The molecular formula is C25H22N2O8.